The number of carboxylic acid groups (broad SMARTS) is 1. The molecular formula is C18H16O6. The molecule has 0 aromatic heterocycles. The molecule has 0 atom stereocenters. The molecule has 0 fully saturated rings. The maximum atomic E-state index is 11.7. The summed E-state index contributed by atoms with van der Waals surface area (Å²) in [5, 5.41) is 9.58. The van der Waals surface area contributed by atoms with Crippen LogP contribution < -0.4 is 18.9 Å². The third-order valence-corrected chi connectivity index (χ3v) is 3.63. The predicted molar refractivity (Wildman–Crippen MR) is 87.6 cm³/mol. The largest absolute Gasteiger partial charge is 0.493 e. The van der Waals surface area contributed by atoms with Crippen LogP contribution in [0.5, 0.6) is 23.0 Å². The number of methoxy groups -OCH3 is 2. The first-order chi connectivity index (χ1) is 11.6. The van der Waals surface area contributed by atoms with Crippen molar-refractivity contribution in [1.29, 1.82) is 0 Å². The van der Waals surface area contributed by atoms with E-state index in [4.69, 9.17) is 18.9 Å². The van der Waals surface area contributed by atoms with Crippen molar-refractivity contribution in [2.45, 2.75) is 0 Å². The molecule has 2 aromatic carbocycles. The quantitative estimate of drug-likeness (QED) is 0.672. The first-order valence-corrected chi connectivity index (χ1v) is 7.19. The van der Waals surface area contributed by atoms with E-state index in [2.05, 4.69) is 0 Å². The third-order valence-electron chi connectivity index (χ3n) is 3.63. The van der Waals surface area contributed by atoms with Gasteiger partial charge >= 0.3 is 5.97 Å². The lowest BCUT2D eigenvalue weighted by Gasteiger charge is -2.10. The van der Waals surface area contributed by atoms with Gasteiger partial charge in [0.15, 0.2) is 23.0 Å². The summed E-state index contributed by atoms with van der Waals surface area (Å²) in [7, 11) is 3.03. The Morgan fingerprint density at radius 2 is 1.79 bits per heavy atom. The highest BCUT2D eigenvalue weighted by atomic mass is 16.7. The average molecular weight is 328 g/mol. The average Bonchev–Trinajstić information content (AvgIpc) is 3.06. The monoisotopic (exact) mass is 328 g/mol. The van der Waals surface area contributed by atoms with Crippen molar-refractivity contribution in [2.75, 3.05) is 21.0 Å². The maximum Gasteiger partial charge on any atom is 0.336 e. The molecule has 6 nitrogen and oxygen atoms in total. The van der Waals surface area contributed by atoms with Crippen LogP contribution >= 0.6 is 0 Å². The molecule has 1 aliphatic heterocycles. The van der Waals surface area contributed by atoms with Crippen LogP contribution in [0.25, 0.3) is 11.6 Å². The van der Waals surface area contributed by atoms with Crippen molar-refractivity contribution in [3.05, 3.63) is 47.5 Å². The molecule has 0 unspecified atom stereocenters. The Morgan fingerprint density at radius 1 is 1.04 bits per heavy atom. The van der Waals surface area contributed by atoms with Gasteiger partial charge in [-0.25, -0.2) is 4.79 Å². The van der Waals surface area contributed by atoms with Crippen molar-refractivity contribution in [3.8, 4) is 23.0 Å². The smallest absolute Gasteiger partial charge is 0.336 e. The first kappa shape index (κ1) is 15.7. The Bertz CT molecular complexity index is 809. The second kappa shape index (κ2) is 6.54. The van der Waals surface area contributed by atoms with Gasteiger partial charge in [-0.3, -0.25) is 0 Å². The van der Waals surface area contributed by atoms with Gasteiger partial charge in [-0.1, -0.05) is 12.1 Å². The summed E-state index contributed by atoms with van der Waals surface area (Å²) in [4.78, 5) is 11.7. The fourth-order valence-electron chi connectivity index (χ4n) is 2.44. The van der Waals surface area contributed by atoms with Gasteiger partial charge in [0.2, 0.25) is 6.79 Å². The van der Waals surface area contributed by atoms with E-state index in [1.807, 2.05) is 0 Å². The van der Waals surface area contributed by atoms with Crippen LogP contribution in [0.2, 0.25) is 0 Å². The van der Waals surface area contributed by atoms with Crippen molar-refractivity contribution in [1.82, 2.24) is 0 Å². The fraction of sp³-hybridized carbons (Fsp3) is 0.167. The summed E-state index contributed by atoms with van der Waals surface area (Å²) in [5.74, 6) is 1.21. The zero-order valence-electron chi connectivity index (χ0n) is 13.2. The summed E-state index contributed by atoms with van der Waals surface area (Å²) in [6, 6.07) is 10.2. The number of ether oxygens (including phenoxy) is 4. The van der Waals surface area contributed by atoms with E-state index < -0.39 is 5.97 Å². The Kier molecular flexibility index (Phi) is 4.29. The van der Waals surface area contributed by atoms with Crippen LogP contribution in [0.3, 0.4) is 0 Å². The van der Waals surface area contributed by atoms with Crippen molar-refractivity contribution < 1.29 is 28.8 Å². The summed E-state index contributed by atoms with van der Waals surface area (Å²) < 4.78 is 21.0. The van der Waals surface area contributed by atoms with Crippen molar-refractivity contribution in [3.63, 3.8) is 0 Å². The number of carboxylic acids is 1. The van der Waals surface area contributed by atoms with E-state index in [1.165, 1.54) is 14.2 Å². The van der Waals surface area contributed by atoms with E-state index in [1.54, 1.807) is 42.5 Å². The molecule has 2 aromatic rings. The van der Waals surface area contributed by atoms with E-state index in [0.29, 0.717) is 34.1 Å². The minimum Gasteiger partial charge on any atom is -0.493 e. The second-order valence-corrected chi connectivity index (χ2v) is 5.05. The molecule has 0 spiro atoms. The van der Waals surface area contributed by atoms with Gasteiger partial charge in [-0.2, -0.15) is 0 Å². The zero-order valence-corrected chi connectivity index (χ0v) is 13.2. The van der Waals surface area contributed by atoms with Gasteiger partial charge in [0.1, 0.15) is 0 Å². The number of aliphatic carboxylic acids is 1. The molecule has 0 radical (unpaired) electrons. The molecule has 0 saturated heterocycles. The number of rotatable bonds is 5. The third kappa shape index (κ3) is 2.99. The van der Waals surface area contributed by atoms with Gasteiger partial charge in [0.05, 0.1) is 19.8 Å². The van der Waals surface area contributed by atoms with E-state index in [9.17, 15) is 9.90 Å². The highest BCUT2D eigenvalue weighted by Gasteiger charge is 2.16. The minimum atomic E-state index is -1.04. The van der Waals surface area contributed by atoms with Crippen molar-refractivity contribution in [2.24, 2.45) is 0 Å². The number of hydrogen-bond donors (Lipinski definition) is 1. The van der Waals surface area contributed by atoms with Gasteiger partial charge < -0.3 is 24.1 Å². The Labute approximate surface area is 138 Å². The standard InChI is InChI=1S/C18H16O6/c1-21-14-6-4-12(9-16(14)22-2)13(18(19)20)7-11-3-5-15-17(8-11)24-10-23-15/h3-9H,10H2,1-2H3,(H,19,20). The van der Waals surface area contributed by atoms with Gasteiger partial charge in [0.25, 0.3) is 0 Å². The Morgan fingerprint density at radius 3 is 2.50 bits per heavy atom. The number of hydrogen-bond acceptors (Lipinski definition) is 5. The number of benzene rings is 2. The lowest BCUT2D eigenvalue weighted by molar-refractivity contribution is -0.130. The van der Waals surface area contributed by atoms with E-state index in [-0.39, 0.29) is 12.4 Å². The van der Waals surface area contributed by atoms with Gasteiger partial charge in [-0.05, 0) is 41.5 Å². The minimum absolute atomic E-state index is 0.134. The number of fused-ring (bicyclic) bond motifs is 1. The van der Waals surface area contributed by atoms with E-state index in [0.717, 1.165) is 0 Å². The van der Waals surface area contributed by atoms with Crippen LogP contribution in [0, 0.1) is 0 Å². The van der Waals surface area contributed by atoms with E-state index >= 15 is 0 Å². The second-order valence-electron chi connectivity index (χ2n) is 5.05. The van der Waals surface area contributed by atoms with Crippen LogP contribution in [-0.4, -0.2) is 32.1 Å². The highest BCUT2D eigenvalue weighted by molar-refractivity contribution is 6.20. The summed E-state index contributed by atoms with van der Waals surface area (Å²) in [5.41, 5.74) is 1.35. The van der Waals surface area contributed by atoms with Crippen LogP contribution in [-0.2, 0) is 4.79 Å². The number of carbonyl (C=O) groups is 1. The topological polar surface area (TPSA) is 74.2 Å². The molecule has 124 valence electrons. The van der Waals surface area contributed by atoms with Crippen LogP contribution in [0.15, 0.2) is 36.4 Å². The summed E-state index contributed by atoms with van der Waals surface area (Å²) in [6.45, 7) is 0.171. The fourth-order valence-corrected chi connectivity index (χ4v) is 2.44. The molecule has 0 saturated carbocycles. The Balaban J connectivity index is 2.02. The maximum absolute atomic E-state index is 11.7. The molecule has 1 heterocycles. The summed E-state index contributed by atoms with van der Waals surface area (Å²) in [6.07, 6.45) is 1.57. The molecule has 0 bridgehead atoms. The van der Waals surface area contributed by atoms with Crippen LogP contribution in [0.1, 0.15) is 11.1 Å². The predicted octanol–water partition coefficient (Wildman–Crippen LogP) is 3.06. The Hall–Kier alpha value is -3.15. The first-order valence-electron chi connectivity index (χ1n) is 7.19. The molecule has 3 rings (SSSR count). The molecule has 6 heteroatoms. The van der Waals surface area contributed by atoms with Crippen LogP contribution in [0.4, 0.5) is 0 Å². The normalized spacial score (nSPS) is 12.8. The van der Waals surface area contributed by atoms with Gasteiger partial charge in [-0.15, -0.1) is 0 Å². The van der Waals surface area contributed by atoms with Gasteiger partial charge in [0, 0.05) is 0 Å². The molecule has 0 amide bonds. The van der Waals surface area contributed by atoms with Crippen molar-refractivity contribution >= 4 is 17.6 Å². The molecular weight excluding hydrogens is 312 g/mol. The molecule has 24 heavy (non-hydrogen) atoms. The molecule has 1 N–H and O–H groups in total. The lowest BCUT2D eigenvalue weighted by Crippen LogP contribution is -2.01. The molecule has 1 aliphatic rings. The molecule has 0 aliphatic carbocycles. The SMILES string of the molecule is COc1ccc(C(=Cc2ccc3c(c2)OCO3)C(=O)O)cc1OC. The lowest BCUT2D eigenvalue weighted by atomic mass is 10.0. The highest BCUT2D eigenvalue weighted by Crippen LogP contribution is 2.35. The zero-order chi connectivity index (χ0) is 17.1. The summed E-state index contributed by atoms with van der Waals surface area (Å²) >= 11 is 0.